The van der Waals surface area contributed by atoms with Gasteiger partial charge in [0.1, 0.15) is 0 Å². The minimum atomic E-state index is 0.603. The second kappa shape index (κ2) is 7.45. The molecule has 0 aromatic heterocycles. The van der Waals surface area contributed by atoms with Gasteiger partial charge in [-0.3, -0.25) is 0 Å². The van der Waals surface area contributed by atoms with Gasteiger partial charge in [-0.05, 0) is 32.4 Å². The van der Waals surface area contributed by atoms with Gasteiger partial charge in [-0.2, -0.15) is 17.0 Å². The normalized spacial score (nSPS) is 12.9. The lowest BCUT2D eigenvalue weighted by atomic mass is 10.2. The summed E-state index contributed by atoms with van der Waals surface area (Å²) in [6.45, 7) is 3.11. The first kappa shape index (κ1) is 11.8. The van der Waals surface area contributed by atoms with Crippen molar-refractivity contribution in [2.75, 3.05) is 25.6 Å². The molecule has 1 unspecified atom stereocenters. The van der Waals surface area contributed by atoms with Gasteiger partial charge >= 0.3 is 0 Å². The third-order valence-electron chi connectivity index (χ3n) is 2.07. The van der Waals surface area contributed by atoms with E-state index in [0.29, 0.717) is 12.5 Å². The van der Waals surface area contributed by atoms with E-state index in [1.54, 1.807) is 0 Å². The number of nitrogens with zero attached hydrogens (tertiary/aromatic N) is 2. The average Bonchev–Trinajstić information content (AvgIpc) is 2.10. The zero-order valence-corrected chi connectivity index (χ0v) is 9.02. The Balaban J connectivity index is 3.47. The third kappa shape index (κ3) is 5.45. The molecule has 0 aliphatic carbocycles. The molecular weight excluding hydrogens is 168 g/mol. The molecule has 0 saturated carbocycles. The lowest BCUT2D eigenvalue weighted by Gasteiger charge is -2.23. The summed E-state index contributed by atoms with van der Waals surface area (Å²) in [6, 6.07) is 2.77. The molecule has 0 rings (SSSR count). The van der Waals surface area contributed by atoms with Crippen LogP contribution in [0, 0.1) is 11.3 Å². The van der Waals surface area contributed by atoms with Crippen LogP contribution in [-0.4, -0.2) is 36.5 Å². The van der Waals surface area contributed by atoms with Crippen LogP contribution in [0.4, 0.5) is 0 Å². The molecular formula is C9H18N2S. The highest BCUT2D eigenvalue weighted by Crippen LogP contribution is 2.05. The van der Waals surface area contributed by atoms with E-state index in [9.17, 15) is 0 Å². The van der Waals surface area contributed by atoms with Crippen LogP contribution in [0.15, 0.2) is 0 Å². The van der Waals surface area contributed by atoms with E-state index in [2.05, 4.69) is 31.2 Å². The van der Waals surface area contributed by atoms with Crippen molar-refractivity contribution in [1.29, 1.82) is 5.26 Å². The molecule has 0 aliphatic heterocycles. The van der Waals surface area contributed by atoms with E-state index in [1.807, 2.05) is 11.8 Å². The maximum absolute atomic E-state index is 8.39. The van der Waals surface area contributed by atoms with Gasteiger partial charge in [0, 0.05) is 19.0 Å². The molecule has 0 aromatic rings. The minimum absolute atomic E-state index is 0.603. The molecule has 0 saturated heterocycles. The van der Waals surface area contributed by atoms with Crippen molar-refractivity contribution < 1.29 is 0 Å². The molecule has 0 aromatic carbocycles. The maximum Gasteiger partial charge on any atom is 0.0635 e. The highest BCUT2D eigenvalue weighted by atomic mass is 32.2. The second-order valence-corrected chi connectivity index (χ2v) is 4.00. The van der Waals surface area contributed by atoms with Gasteiger partial charge in [-0.25, -0.2) is 0 Å². The van der Waals surface area contributed by atoms with Crippen LogP contribution in [0.25, 0.3) is 0 Å². The predicted molar refractivity (Wildman–Crippen MR) is 55.3 cm³/mol. The van der Waals surface area contributed by atoms with Crippen LogP contribution in [0.1, 0.15) is 19.8 Å². The molecule has 0 heterocycles. The van der Waals surface area contributed by atoms with Crippen LogP contribution in [0.2, 0.25) is 0 Å². The Kier molecular flexibility index (Phi) is 7.33. The Morgan fingerprint density at radius 3 is 2.75 bits per heavy atom. The fourth-order valence-electron chi connectivity index (χ4n) is 0.956. The Labute approximate surface area is 79.9 Å². The number of thioether (sulfide) groups is 1. The average molecular weight is 186 g/mol. The zero-order valence-electron chi connectivity index (χ0n) is 8.21. The number of hydrogen-bond donors (Lipinski definition) is 0. The van der Waals surface area contributed by atoms with Crippen LogP contribution < -0.4 is 0 Å². The Hall–Kier alpha value is -0.200. The summed E-state index contributed by atoms with van der Waals surface area (Å²) in [7, 11) is 2.09. The fraction of sp³-hybridized carbons (Fsp3) is 0.889. The van der Waals surface area contributed by atoms with Gasteiger partial charge in [0.15, 0.2) is 0 Å². The number of nitriles is 1. The van der Waals surface area contributed by atoms with Gasteiger partial charge in [-0.15, -0.1) is 0 Å². The number of rotatable bonds is 6. The summed E-state index contributed by atoms with van der Waals surface area (Å²) >= 11 is 1.88. The lowest BCUT2D eigenvalue weighted by molar-refractivity contribution is 0.259. The second-order valence-electron chi connectivity index (χ2n) is 3.02. The molecule has 0 amide bonds. The summed E-state index contributed by atoms with van der Waals surface area (Å²) in [4.78, 5) is 2.25. The highest BCUT2D eigenvalue weighted by Gasteiger charge is 2.06. The maximum atomic E-state index is 8.39. The molecule has 1 atom stereocenters. The topological polar surface area (TPSA) is 27.0 Å². The highest BCUT2D eigenvalue weighted by molar-refractivity contribution is 7.98. The molecule has 0 N–H and O–H groups in total. The third-order valence-corrected chi connectivity index (χ3v) is 2.71. The molecule has 0 spiro atoms. The summed E-state index contributed by atoms with van der Waals surface area (Å²) in [5, 5.41) is 8.39. The summed E-state index contributed by atoms with van der Waals surface area (Å²) in [5.74, 6) is 1.21. The van der Waals surface area contributed by atoms with Gasteiger partial charge in [0.05, 0.1) is 6.07 Å². The van der Waals surface area contributed by atoms with Crippen molar-refractivity contribution in [3.05, 3.63) is 0 Å². The molecule has 0 radical (unpaired) electrons. The van der Waals surface area contributed by atoms with E-state index in [4.69, 9.17) is 5.26 Å². The van der Waals surface area contributed by atoms with Crippen molar-refractivity contribution in [1.82, 2.24) is 4.90 Å². The number of hydrogen-bond acceptors (Lipinski definition) is 3. The Bertz CT molecular complexity index is 142. The first-order valence-electron chi connectivity index (χ1n) is 4.28. The van der Waals surface area contributed by atoms with Crippen molar-refractivity contribution in [3.8, 4) is 6.07 Å². The van der Waals surface area contributed by atoms with Crippen LogP contribution >= 0.6 is 11.8 Å². The Morgan fingerprint density at radius 2 is 2.25 bits per heavy atom. The lowest BCUT2D eigenvalue weighted by Crippen LogP contribution is -2.30. The molecule has 2 nitrogen and oxygen atoms in total. The van der Waals surface area contributed by atoms with Crippen molar-refractivity contribution >= 4 is 11.8 Å². The quantitative estimate of drug-likeness (QED) is 0.634. The Morgan fingerprint density at radius 1 is 1.58 bits per heavy atom. The van der Waals surface area contributed by atoms with Crippen LogP contribution in [0.3, 0.4) is 0 Å². The molecule has 0 aliphatic rings. The fourth-order valence-corrected chi connectivity index (χ4v) is 1.53. The minimum Gasteiger partial charge on any atom is -0.303 e. The first-order chi connectivity index (χ1) is 5.72. The smallest absolute Gasteiger partial charge is 0.0635 e. The SMILES string of the molecule is CSCCC(C)N(C)CCC#N. The largest absolute Gasteiger partial charge is 0.303 e. The summed E-state index contributed by atoms with van der Waals surface area (Å²) in [6.07, 6.45) is 3.98. The molecule has 0 fully saturated rings. The van der Waals surface area contributed by atoms with E-state index in [1.165, 1.54) is 12.2 Å². The molecule has 0 bridgehead atoms. The zero-order chi connectivity index (χ0) is 9.40. The predicted octanol–water partition coefficient (Wildman–Crippen LogP) is 1.97. The van der Waals surface area contributed by atoms with Crippen molar-refractivity contribution in [2.24, 2.45) is 0 Å². The van der Waals surface area contributed by atoms with E-state index < -0.39 is 0 Å². The van der Waals surface area contributed by atoms with Crippen LogP contribution in [-0.2, 0) is 0 Å². The summed E-state index contributed by atoms with van der Waals surface area (Å²) < 4.78 is 0. The molecule has 12 heavy (non-hydrogen) atoms. The van der Waals surface area contributed by atoms with Crippen molar-refractivity contribution in [2.45, 2.75) is 25.8 Å². The van der Waals surface area contributed by atoms with Gasteiger partial charge < -0.3 is 4.90 Å². The summed E-state index contributed by atoms with van der Waals surface area (Å²) in [5.41, 5.74) is 0. The monoisotopic (exact) mass is 186 g/mol. The van der Waals surface area contributed by atoms with Crippen molar-refractivity contribution in [3.63, 3.8) is 0 Å². The van der Waals surface area contributed by atoms with Gasteiger partial charge in [-0.1, -0.05) is 0 Å². The first-order valence-corrected chi connectivity index (χ1v) is 5.68. The van der Waals surface area contributed by atoms with E-state index in [0.717, 1.165) is 6.54 Å². The molecule has 3 heteroatoms. The van der Waals surface area contributed by atoms with E-state index in [-0.39, 0.29) is 0 Å². The van der Waals surface area contributed by atoms with Gasteiger partial charge in [0.25, 0.3) is 0 Å². The van der Waals surface area contributed by atoms with Crippen LogP contribution in [0.5, 0.6) is 0 Å². The van der Waals surface area contributed by atoms with E-state index >= 15 is 0 Å². The standard InChI is InChI=1S/C9H18N2S/c1-9(5-8-12-3)11(2)7-4-6-10/h9H,4-5,7-8H2,1-3H3. The molecule has 70 valence electrons. The van der Waals surface area contributed by atoms with Gasteiger partial charge in [0.2, 0.25) is 0 Å².